The first-order chi connectivity index (χ1) is 7.84. The van der Waals surface area contributed by atoms with E-state index < -0.39 is 34.5 Å². The van der Waals surface area contributed by atoms with Crippen molar-refractivity contribution in [1.29, 1.82) is 0 Å². The van der Waals surface area contributed by atoms with Crippen molar-refractivity contribution in [1.82, 2.24) is 0 Å². The highest BCUT2D eigenvalue weighted by Gasteiger charge is 2.28. The zero-order valence-electron chi connectivity index (χ0n) is 9.49. The van der Waals surface area contributed by atoms with Gasteiger partial charge in [0.15, 0.2) is 17.4 Å². The van der Waals surface area contributed by atoms with Crippen LogP contribution in [0.4, 0.5) is 17.6 Å². The summed E-state index contributed by atoms with van der Waals surface area (Å²) >= 11 is 0. The fraction of sp³-hybridized carbons (Fsp3) is 0.455. The van der Waals surface area contributed by atoms with Gasteiger partial charge in [-0.25, -0.2) is 8.78 Å². The van der Waals surface area contributed by atoms with Crippen molar-refractivity contribution in [3.8, 4) is 5.75 Å². The quantitative estimate of drug-likeness (QED) is 0.450. The maximum absolute atomic E-state index is 13.3. The zero-order valence-corrected chi connectivity index (χ0v) is 9.49. The Balaban J connectivity index is 3.22. The molecule has 0 amide bonds. The van der Waals surface area contributed by atoms with Crippen LogP contribution in [-0.4, -0.2) is 13.3 Å². The summed E-state index contributed by atoms with van der Waals surface area (Å²) in [4.78, 5) is 0. The Labute approximate surface area is 98.2 Å². The Hall–Kier alpha value is -1.20. The average Bonchev–Trinajstić information content (AvgIpc) is 2.32. The second kappa shape index (κ2) is 4.98. The number of hydrogen-bond acceptors (Lipinski definition) is 1. The lowest BCUT2D eigenvalue weighted by Crippen LogP contribution is -2.35. The molecule has 0 saturated heterocycles. The van der Waals surface area contributed by atoms with Crippen LogP contribution in [0.5, 0.6) is 5.75 Å². The fourth-order valence-corrected chi connectivity index (χ4v) is 1.24. The second-order valence-electron chi connectivity index (χ2n) is 3.67. The summed E-state index contributed by atoms with van der Waals surface area (Å²) < 4.78 is 57.2. The first-order valence-corrected chi connectivity index (χ1v) is 5.15. The van der Waals surface area contributed by atoms with Gasteiger partial charge in [-0.15, -0.1) is 0 Å². The normalized spacial score (nSPS) is 11.6. The Morgan fingerprint density at radius 3 is 1.82 bits per heavy atom. The number of hydrogen-bond donors (Lipinski definition) is 0. The van der Waals surface area contributed by atoms with Gasteiger partial charge in [0.25, 0.3) is 0 Å². The van der Waals surface area contributed by atoms with Gasteiger partial charge in [0, 0.05) is 6.07 Å². The first kappa shape index (κ1) is 13.9. The maximum atomic E-state index is 13.3. The molecule has 17 heavy (non-hydrogen) atoms. The molecule has 0 spiro atoms. The van der Waals surface area contributed by atoms with E-state index >= 15 is 0 Å². The minimum atomic E-state index is -1.58. The van der Waals surface area contributed by atoms with Crippen LogP contribution in [0.2, 0.25) is 0 Å². The van der Waals surface area contributed by atoms with Crippen molar-refractivity contribution in [2.75, 3.05) is 0 Å². The smallest absolute Gasteiger partial charge is 0.203 e. The van der Waals surface area contributed by atoms with E-state index in [1.165, 1.54) is 0 Å². The van der Waals surface area contributed by atoms with Gasteiger partial charge in [-0.05, 0) is 12.8 Å². The summed E-state index contributed by atoms with van der Waals surface area (Å²) in [6.45, 7) is 3.27. The lowest BCUT2D eigenvalue weighted by Gasteiger charge is -2.29. The van der Waals surface area contributed by atoms with E-state index in [9.17, 15) is 17.6 Å². The Bertz CT molecular complexity index is 392. The third-order valence-electron chi connectivity index (χ3n) is 2.57. The Morgan fingerprint density at radius 1 is 1.06 bits per heavy atom. The van der Waals surface area contributed by atoms with Gasteiger partial charge >= 0.3 is 0 Å². The van der Waals surface area contributed by atoms with E-state index in [1.54, 1.807) is 13.8 Å². The highest BCUT2D eigenvalue weighted by atomic mass is 19.2. The predicted octanol–water partition coefficient (Wildman–Crippen LogP) is 3.31. The van der Waals surface area contributed by atoms with Crippen molar-refractivity contribution >= 4 is 7.85 Å². The molecule has 2 radical (unpaired) electrons. The Kier molecular flexibility index (Phi) is 4.06. The molecule has 0 bridgehead atoms. The lowest BCUT2D eigenvalue weighted by atomic mass is 9.77. The zero-order chi connectivity index (χ0) is 13.2. The molecule has 0 unspecified atom stereocenters. The highest BCUT2D eigenvalue weighted by Crippen LogP contribution is 2.30. The van der Waals surface area contributed by atoms with Crippen molar-refractivity contribution in [3.05, 3.63) is 29.3 Å². The second-order valence-corrected chi connectivity index (χ2v) is 3.67. The standard InChI is InChI=1S/C11H11BF4O/c1-3-11(12,4-2)17-10-8(15)6(13)5-7(14)9(10)16/h5H,3-4H2,1-2H3. The predicted molar refractivity (Wildman–Crippen MR) is 56.0 cm³/mol. The van der Waals surface area contributed by atoms with Gasteiger partial charge in [0.1, 0.15) is 7.85 Å². The van der Waals surface area contributed by atoms with Crippen molar-refractivity contribution < 1.29 is 22.3 Å². The molecule has 0 aliphatic heterocycles. The summed E-state index contributed by atoms with van der Waals surface area (Å²) in [5, 5.41) is 0. The van der Waals surface area contributed by atoms with Crippen molar-refractivity contribution in [2.24, 2.45) is 0 Å². The summed E-state index contributed by atoms with van der Waals surface area (Å²) in [5.41, 5.74) is -1.36. The van der Waals surface area contributed by atoms with E-state index in [0.29, 0.717) is 0 Å². The third-order valence-corrected chi connectivity index (χ3v) is 2.57. The molecular formula is C11H11BF4O. The van der Waals surface area contributed by atoms with Crippen LogP contribution in [-0.2, 0) is 0 Å². The van der Waals surface area contributed by atoms with Crippen molar-refractivity contribution in [3.63, 3.8) is 0 Å². The minimum absolute atomic E-state index is 0.119. The molecule has 1 aromatic rings. The summed E-state index contributed by atoms with van der Waals surface area (Å²) in [6, 6.07) is 0.119. The van der Waals surface area contributed by atoms with Gasteiger partial charge in [-0.1, -0.05) is 13.8 Å². The Morgan fingerprint density at radius 2 is 1.47 bits per heavy atom. The monoisotopic (exact) mass is 246 g/mol. The molecule has 6 heteroatoms. The van der Waals surface area contributed by atoms with Crippen LogP contribution in [0.1, 0.15) is 26.7 Å². The van der Waals surface area contributed by atoms with Gasteiger partial charge < -0.3 is 4.74 Å². The molecule has 1 aromatic carbocycles. The molecule has 92 valence electrons. The number of ether oxygens (including phenoxy) is 1. The molecule has 0 atom stereocenters. The van der Waals surface area contributed by atoms with E-state index in [1.807, 2.05) is 0 Å². The molecule has 0 saturated carbocycles. The summed E-state index contributed by atoms with van der Waals surface area (Å²) in [6.07, 6.45) is 0.473. The van der Waals surface area contributed by atoms with E-state index in [0.717, 1.165) is 0 Å². The molecule has 0 heterocycles. The number of halogens is 4. The van der Waals surface area contributed by atoms with Gasteiger partial charge in [0.2, 0.25) is 11.6 Å². The first-order valence-electron chi connectivity index (χ1n) is 5.15. The molecule has 0 aromatic heterocycles. The fourth-order valence-electron chi connectivity index (χ4n) is 1.24. The number of rotatable bonds is 4. The largest absolute Gasteiger partial charge is 0.491 e. The van der Waals surface area contributed by atoms with E-state index in [2.05, 4.69) is 0 Å². The molecule has 0 fully saturated rings. The van der Waals surface area contributed by atoms with E-state index in [4.69, 9.17) is 12.6 Å². The van der Waals surface area contributed by atoms with Crippen LogP contribution < -0.4 is 4.74 Å². The molecule has 0 N–H and O–H groups in total. The van der Waals surface area contributed by atoms with Crippen LogP contribution in [0, 0.1) is 23.3 Å². The maximum Gasteiger partial charge on any atom is 0.203 e. The summed E-state index contributed by atoms with van der Waals surface area (Å²) in [5.74, 6) is -7.32. The number of benzene rings is 1. The molecule has 1 rings (SSSR count). The van der Waals surface area contributed by atoms with Gasteiger partial charge in [-0.2, -0.15) is 8.78 Å². The van der Waals surface area contributed by atoms with Crippen molar-refractivity contribution in [2.45, 2.75) is 32.2 Å². The summed E-state index contributed by atoms with van der Waals surface area (Å²) in [7, 11) is 5.67. The van der Waals surface area contributed by atoms with E-state index in [-0.39, 0.29) is 18.9 Å². The van der Waals surface area contributed by atoms with Crippen LogP contribution in [0.3, 0.4) is 0 Å². The minimum Gasteiger partial charge on any atom is -0.491 e. The SMILES string of the molecule is [B]C(CC)(CC)Oc1c(F)c(F)cc(F)c1F. The van der Waals surface area contributed by atoms with Crippen LogP contribution >= 0.6 is 0 Å². The molecule has 1 nitrogen and oxygen atoms in total. The molecule has 0 aliphatic carbocycles. The lowest BCUT2D eigenvalue weighted by molar-refractivity contribution is 0.130. The third kappa shape index (κ3) is 2.73. The molecular weight excluding hydrogens is 235 g/mol. The topological polar surface area (TPSA) is 9.23 Å². The van der Waals surface area contributed by atoms with Gasteiger partial charge in [0.05, 0.1) is 5.50 Å². The van der Waals surface area contributed by atoms with Crippen LogP contribution in [0.15, 0.2) is 6.07 Å². The van der Waals surface area contributed by atoms with Gasteiger partial charge in [-0.3, -0.25) is 0 Å². The highest BCUT2D eigenvalue weighted by molar-refractivity contribution is 6.14. The van der Waals surface area contributed by atoms with Crippen LogP contribution in [0.25, 0.3) is 0 Å². The molecule has 0 aliphatic rings. The average molecular weight is 246 g/mol.